The lowest BCUT2D eigenvalue weighted by Gasteiger charge is -2.46. The van der Waals surface area contributed by atoms with Crippen molar-refractivity contribution >= 4 is 17.6 Å². The van der Waals surface area contributed by atoms with Crippen LogP contribution in [-0.2, 0) is 32.2 Å². The van der Waals surface area contributed by atoms with Crippen LogP contribution in [0.1, 0.15) is 87.1 Å². The maximum Gasteiger partial charge on any atom is 0.303 e. The van der Waals surface area contributed by atoms with Crippen molar-refractivity contribution in [2.75, 3.05) is 44.7 Å². The normalized spacial score (nSPS) is 23.7. The Morgan fingerprint density at radius 2 is 1.87 bits per heavy atom. The molecule has 0 aliphatic carbocycles. The molecule has 4 aliphatic heterocycles. The van der Waals surface area contributed by atoms with E-state index in [0.717, 1.165) is 38.3 Å². The minimum Gasteiger partial charge on any atom is -0.384 e. The largest absolute Gasteiger partial charge is 0.384 e. The molecule has 3 saturated heterocycles. The number of carbonyl (C=O) groups excluding carboxylic acids is 2. The monoisotopic (exact) mass is 658 g/mol. The molecular weight excluding hydrogens is 613 g/mol. The van der Waals surface area contributed by atoms with Crippen LogP contribution in [0.25, 0.3) is 0 Å². The van der Waals surface area contributed by atoms with E-state index in [1.807, 2.05) is 9.80 Å². The summed E-state index contributed by atoms with van der Waals surface area (Å²) in [5.74, 6) is -3.91. The number of alkyl halides is 2. The number of halogens is 3. The van der Waals surface area contributed by atoms with Crippen molar-refractivity contribution in [3.8, 4) is 0 Å². The van der Waals surface area contributed by atoms with Gasteiger partial charge in [0.2, 0.25) is 11.8 Å². The number of aryl methyl sites for hydroxylation is 1. The van der Waals surface area contributed by atoms with Gasteiger partial charge in [0.1, 0.15) is 28.5 Å². The number of hydrogen-bond acceptors (Lipinski definition) is 8. The summed E-state index contributed by atoms with van der Waals surface area (Å²) in [5, 5.41) is 16.7. The Balaban J connectivity index is 1.28. The van der Waals surface area contributed by atoms with Crippen LogP contribution in [0.2, 0.25) is 0 Å². The number of nitrogens with zero attached hydrogens (tertiary/aromatic N) is 4. The standard InChI is InChI=1S/C34H45F3N6O4/c1-20(24-6-5-7-26(27(24)35)34(36,37)32(3,4)46)39-29-25-18-43(31(45)33(12-13-38-19-33)28(25)40-21(2)41-29)23-8-14-42(15-9-23)30(44)22-10-16-47-17-11-22/h5-7,20,22-23,38,46H,8-19H2,1-4H3,(H,39,40,41)/t20-,33?/m1/s1. The molecule has 2 aromatic rings. The molecule has 0 radical (unpaired) electrons. The van der Waals surface area contributed by atoms with Gasteiger partial charge in [-0.2, -0.15) is 8.78 Å². The molecule has 3 N–H and O–H groups in total. The summed E-state index contributed by atoms with van der Waals surface area (Å²) in [7, 11) is 0. The van der Waals surface area contributed by atoms with Crippen molar-refractivity contribution in [3.63, 3.8) is 0 Å². The van der Waals surface area contributed by atoms with E-state index in [2.05, 4.69) is 15.6 Å². The van der Waals surface area contributed by atoms with Gasteiger partial charge < -0.3 is 30.3 Å². The topological polar surface area (TPSA) is 120 Å². The van der Waals surface area contributed by atoms with Crippen LogP contribution in [0.5, 0.6) is 0 Å². The van der Waals surface area contributed by atoms with Crippen LogP contribution in [-0.4, -0.2) is 87.7 Å². The van der Waals surface area contributed by atoms with E-state index >= 15 is 13.2 Å². The van der Waals surface area contributed by atoms with Gasteiger partial charge in [0.05, 0.1) is 23.8 Å². The summed E-state index contributed by atoms with van der Waals surface area (Å²) in [5.41, 5.74) is -2.88. The highest BCUT2D eigenvalue weighted by molar-refractivity contribution is 5.91. The van der Waals surface area contributed by atoms with Gasteiger partial charge in [0, 0.05) is 55.9 Å². The number of benzene rings is 1. The van der Waals surface area contributed by atoms with Crippen molar-refractivity contribution < 1.29 is 32.6 Å². The maximum absolute atomic E-state index is 15.7. The average molecular weight is 659 g/mol. The second kappa shape index (κ2) is 12.6. The third-order valence-electron chi connectivity index (χ3n) is 10.5. The number of hydrogen-bond donors (Lipinski definition) is 3. The van der Waals surface area contributed by atoms with Crippen LogP contribution in [0.4, 0.5) is 19.0 Å². The summed E-state index contributed by atoms with van der Waals surface area (Å²) in [6.07, 6.45) is 3.33. The minimum absolute atomic E-state index is 0.000930. The predicted molar refractivity (Wildman–Crippen MR) is 168 cm³/mol. The number of aromatic nitrogens is 2. The molecule has 2 amide bonds. The molecule has 4 aliphatic rings. The summed E-state index contributed by atoms with van der Waals surface area (Å²) >= 11 is 0. The Bertz CT molecular complexity index is 1510. The van der Waals surface area contributed by atoms with E-state index in [9.17, 15) is 14.7 Å². The highest BCUT2D eigenvalue weighted by atomic mass is 19.3. The second-order valence-corrected chi connectivity index (χ2v) is 14.0. The van der Waals surface area contributed by atoms with Crippen LogP contribution in [0, 0.1) is 18.7 Å². The number of fused-ring (bicyclic) bond motifs is 2. The fourth-order valence-electron chi connectivity index (χ4n) is 7.59. The van der Waals surface area contributed by atoms with Crippen LogP contribution in [0.15, 0.2) is 18.2 Å². The van der Waals surface area contributed by atoms with E-state index in [1.165, 1.54) is 12.1 Å². The number of amides is 2. The highest BCUT2D eigenvalue weighted by Gasteiger charge is 2.53. The Morgan fingerprint density at radius 3 is 2.51 bits per heavy atom. The van der Waals surface area contributed by atoms with Gasteiger partial charge in [-0.15, -0.1) is 0 Å². The van der Waals surface area contributed by atoms with Gasteiger partial charge in [-0.3, -0.25) is 9.59 Å². The first-order valence-electron chi connectivity index (χ1n) is 16.7. The van der Waals surface area contributed by atoms with Crippen molar-refractivity contribution in [2.24, 2.45) is 5.92 Å². The van der Waals surface area contributed by atoms with Crippen LogP contribution in [0.3, 0.4) is 0 Å². The molecule has 1 spiro atoms. The number of nitrogens with one attached hydrogen (secondary N) is 2. The predicted octanol–water partition coefficient (Wildman–Crippen LogP) is 3.95. The quantitative estimate of drug-likeness (QED) is 0.410. The van der Waals surface area contributed by atoms with Gasteiger partial charge >= 0.3 is 5.92 Å². The summed E-state index contributed by atoms with van der Waals surface area (Å²) in [4.78, 5) is 40.9. The van der Waals surface area contributed by atoms with Gasteiger partial charge in [0.15, 0.2) is 0 Å². The van der Waals surface area contributed by atoms with Gasteiger partial charge in [-0.1, -0.05) is 12.1 Å². The molecule has 0 bridgehead atoms. The highest BCUT2D eigenvalue weighted by Crippen LogP contribution is 2.44. The summed E-state index contributed by atoms with van der Waals surface area (Å²) in [6, 6.07) is 2.91. The molecule has 1 unspecified atom stereocenters. The lowest BCUT2D eigenvalue weighted by atomic mass is 9.76. The zero-order valence-electron chi connectivity index (χ0n) is 27.5. The van der Waals surface area contributed by atoms with Crippen molar-refractivity contribution in [1.82, 2.24) is 25.1 Å². The average Bonchev–Trinajstić information content (AvgIpc) is 3.54. The van der Waals surface area contributed by atoms with Crippen molar-refractivity contribution in [2.45, 2.75) is 95.4 Å². The SMILES string of the molecule is Cc1nc(N[C@H](C)c2cccc(C(F)(F)C(C)(C)O)c2F)c2c(n1)C1(CCNC1)C(=O)N(C1CCN(C(=O)C3CCOCC3)CC1)C2. The van der Waals surface area contributed by atoms with E-state index in [0.29, 0.717) is 76.0 Å². The summed E-state index contributed by atoms with van der Waals surface area (Å²) in [6.45, 7) is 8.95. The first kappa shape index (κ1) is 33.6. The van der Waals surface area contributed by atoms with E-state index < -0.39 is 34.4 Å². The number of piperidine rings is 1. The lowest BCUT2D eigenvalue weighted by molar-refractivity contribution is -0.170. The second-order valence-electron chi connectivity index (χ2n) is 14.0. The zero-order valence-corrected chi connectivity index (χ0v) is 27.5. The third-order valence-corrected chi connectivity index (χ3v) is 10.5. The first-order chi connectivity index (χ1) is 22.2. The third kappa shape index (κ3) is 5.99. The van der Waals surface area contributed by atoms with Crippen LogP contribution >= 0.6 is 0 Å². The van der Waals surface area contributed by atoms with Crippen molar-refractivity contribution in [3.05, 3.63) is 52.2 Å². The number of carbonyl (C=O) groups is 2. The Morgan fingerprint density at radius 1 is 1.17 bits per heavy atom. The first-order valence-corrected chi connectivity index (χ1v) is 16.7. The fourth-order valence-corrected chi connectivity index (χ4v) is 7.59. The number of anilines is 1. The molecule has 256 valence electrons. The van der Waals surface area contributed by atoms with E-state index in [-0.39, 0.29) is 35.9 Å². The molecule has 5 heterocycles. The number of ether oxygens (including phenoxy) is 1. The van der Waals surface area contributed by atoms with Crippen LogP contribution < -0.4 is 10.6 Å². The lowest BCUT2D eigenvalue weighted by Crippen LogP contribution is -2.58. The molecule has 2 atom stereocenters. The van der Waals surface area contributed by atoms with Crippen molar-refractivity contribution in [1.29, 1.82) is 0 Å². The molecule has 47 heavy (non-hydrogen) atoms. The van der Waals surface area contributed by atoms with Gasteiger partial charge in [-0.05, 0) is 72.4 Å². The zero-order chi connectivity index (χ0) is 33.7. The molecule has 0 saturated carbocycles. The Labute approximate surface area is 273 Å². The molecular formula is C34H45F3N6O4. The van der Waals surface area contributed by atoms with E-state index in [1.54, 1.807) is 13.8 Å². The smallest absolute Gasteiger partial charge is 0.303 e. The number of likely N-dealkylation sites (tertiary alicyclic amines) is 1. The van der Waals surface area contributed by atoms with Gasteiger partial charge in [0.25, 0.3) is 0 Å². The fraction of sp³-hybridized carbons (Fsp3) is 0.647. The van der Waals surface area contributed by atoms with E-state index in [4.69, 9.17) is 9.72 Å². The molecule has 6 rings (SSSR count). The Hall–Kier alpha value is -3.29. The molecule has 13 heteroatoms. The molecule has 1 aromatic heterocycles. The molecule has 3 fully saturated rings. The Kier molecular flexibility index (Phi) is 9.03. The number of aliphatic hydroxyl groups is 1. The minimum atomic E-state index is -3.83. The molecule has 10 nitrogen and oxygen atoms in total. The summed E-state index contributed by atoms with van der Waals surface area (Å²) < 4.78 is 51.3. The maximum atomic E-state index is 15.7. The van der Waals surface area contributed by atoms with Gasteiger partial charge in [-0.25, -0.2) is 14.4 Å². The number of rotatable bonds is 7. The molecule has 1 aromatic carbocycles.